The van der Waals surface area contributed by atoms with Crippen molar-refractivity contribution in [3.63, 3.8) is 0 Å². The maximum atomic E-state index is 12.5. The van der Waals surface area contributed by atoms with Gasteiger partial charge in [-0.3, -0.25) is 4.79 Å². The van der Waals surface area contributed by atoms with Gasteiger partial charge < -0.3 is 4.90 Å². The molecule has 17 heavy (non-hydrogen) atoms. The molecule has 1 aliphatic rings. The predicted octanol–water partition coefficient (Wildman–Crippen LogP) is 3.44. The van der Waals surface area contributed by atoms with Crippen LogP contribution in [0.4, 0.5) is 18.9 Å². The summed E-state index contributed by atoms with van der Waals surface area (Å²) < 4.78 is 37.9. The maximum Gasteiger partial charge on any atom is 0.416 e. The first kappa shape index (κ1) is 12.7. The van der Waals surface area contributed by atoms with E-state index >= 15 is 0 Å². The Kier molecular flexibility index (Phi) is 3.33. The molecular weight excluding hydrogens is 346 g/mol. The first-order valence-electron chi connectivity index (χ1n) is 5.07. The fourth-order valence-corrected chi connectivity index (χ4v) is 2.61. The van der Waals surface area contributed by atoms with Crippen LogP contribution in [0.3, 0.4) is 0 Å². The van der Waals surface area contributed by atoms with E-state index < -0.39 is 11.7 Å². The van der Waals surface area contributed by atoms with E-state index in [0.29, 0.717) is 22.2 Å². The summed E-state index contributed by atoms with van der Waals surface area (Å²) in [6.45, 7) is 0.584. The van der Waals surface area contributed by atoms with Crippen LogP contribution in [0.5, 0.6) is 0 Å². The Balaban J connectivity index is 2.35. The lowest BCUT2D eigenvalue weighted by Crippen LogP contribution is -2.24. The van der Waals surface area contributed by atoms with E-state index in [1.807, 2.05) is 22.6 Å². The molecule has 2 nitrogen and oxygen atoms in total. The number of hydrogen-bond donors (Lipinski definition) is 0. The second-order valence-corrected chi connectivity index (χ2v) is 4.98. The number of rotatable bonds is 1. The summed E-state index contributed by atoms with van der Waals surface area (Å²) in [5.41, 5.74) is -0.113. The molecule has 0 aromatic heterocycles. The van der Waals surface area contributed by atoms with Crippen LogP contribution >= 0.6 is 22.6 Å². The molecule has 0 bridgehead atoms. The average molecular weight is 355 g/mol. The van der Waals surface area contributed by atoms with Gasteiger partial charge in [-0.15, -0.1) is 0 Å². The van der Waals surface area contributed by atoms with Gasteiger partial charge in [-0.2, -0.15) is 13.2 Å². The summed E-state index contributed by atoms with van der Waals surface area (Å²) in [5, 5.41) is 0. The summed E-state index contributed by atoms with van der Waals surface area (Å²) in [5.74, 6) is -0.0253. The SMILES string of the molecule is O=C1CCCN1c1ccc(C(F)(F)F)cc1I. The van der Waals surface area contributed by atoms with Crippen molar-refractivity contribution in [2.45, 2.75) is 19.0 Å². The lowest BCUT2D eigenvalue weighted by molar-refractivity contribution is -0.137. The zero-order valence-corrected chi connectivity index (χ0v) is 10.9. The summed E-state index contributed by atoms with van der Waals surface area (Å²) >= 11 is 1.83. The fourth-order valence-electron chi connectivity index (χ4n) is 1.80. The Bertz CT molecular complexity index is 459. The van der Waals surface area contributed by atoms with E-state index in [1.165, 1.54) is 6.07 Å². The Hall–Kier alpha value is -0.790. The predicted molar refractivity (Wildman–Crippen MR) is 65.7 cm³/mol. The maximum absolute atomic E-state index is 12.5. The zero-order valence-electron chi connectivity index (χ0n) is 8.72. The van der Waals surface area contributed by atoms with E-state index in [0.717, 1.165) is 18.6 Å². The minimum Gasteiger partial charge on any atom is -0.311 e. The first-order chi connectivity index (χ1) is 7.89. The summed E-state index contributed by atoms with van der Waals surface area (Å²) in [6.07, 6.45) is -3.11. The van der Waals surface area contributed by atoms with Crippen LogP contribution in [0.1, 0.15) is 18.4 Å². The van der Waals surface area contributed by atoms with Crippen LogP contribution < -0.4 is 4.90 Å². The number of carbonyl (C=O) groups is 1. The lowest BCUT2D eigenvalue weighted by atomic mass is 10.2. The molecular formula is C11H9F3INO. The van der Waals surface area contributed by atoms with Crippen molar-refractivity contribution in [1.82, 2.24) is 0 Å². The van der Waals surface area contributed by atoms with Crippen molar-refractivity contribution in [1.29, 1.82) is 0 Å². The molecule has 1 aromatic carbocycles. The van der Waals surface area contributed by atoms with Gasteiger partial charge in [0.1, 0.15) is 0 Å². The smallest absolute Gasteiger partial charge is 0.311 e. The van der Waals surface area contributed by atoms with E-state index in [-0.39, 0.29) is 5.91 Å². The Morgan fingerprint density at radius 3 is 2.47 bits per heavy atom. The van der Waals surface area contributed by atoms with Gasteiger partial charge in [0.05, 0.1) is 11.3 Å². The van der Waals surface area contributed by atoms with Crippen molar-refractivity contribution < 1.29 is 18.0 Å². The van der Waals surface area contributed by atoms with Crippen molar-refractivity contribution in [3.05, 3.63) is 27.3 Å². The highest BCUT2D eigenvalue weighted by atomic mass is 127. The number of anilines is 1. The number of benzene rings is 1. The molecule has 1 heterocycles. The quantitative estimate of drug-likeness (QED) is 0.707. The molecule has 1 saturated heterocycles. The number of amides is 1. The fraction of sp³-hybridized carbons (Fsp3) is 0.364. The van der Waals surface area contributed by atoms with Gasteiger partial charge in [-0.25, -0.2) is 0 Å². The second kappa shape index (κ2) is 4.47. The summed E-state index contributed by atoms with van der Waals surface area (Å²) in [4.78, 5) is 13.1. The van der Waals surface area contributed by atoms with Crippen LogP contribution in [-0.2, 0) is 11.0 Å². The molecule has 6 heteroatoms. The standard InChI is InChI=1S/C11H9F3INO/c12-11(13,14)7-3-4-9(8(15)6-7)16-5-1-2-10(16)17/h3-4,6H,1-2,5H2. The van der Waals surface area contributed by atoms with Gasteiger partial charge in [-0.05, 0) is 47.2 Å². The third-order valence-corrected chi connectivity index (χ3v) is 3.50. The van der Waals surface area contributed by atoms with Crippen LogP contribution in [-0.4, -0.2) is 12.5 Å². The lowest BCUT2D eigenvalue weighted by Gasteiger charge is -2.18. The number of halogens is 4. The molecule has 1 amide bonds. The van der Waals surface area contributed by atoms with Gasteiger partial charge >= 0.3 is 6.18 Å². The first-order valence-corrected chi connectivity index (χ1v) is 6.14. The molecule has 0 N–H and O–H groups in total. The molecule has 1 fully saturated rings. The molecule has 0 spiro atoms. The molecule has 0 saturated carbocycles. The number of nitrogens with zero attached hydrogens (tertiary/aromatic N) is 1. The topological polar surface area (TPSA) is 20.3 Å². The van der Waals surface area contributed by atoms with Gasteiger partial charge in [0.2, 0.25) is 5.91 Å². The average Bonchev–Trinajstić information content (AvgIpc) is 2.63. The molecule has 0 aliphatic carbocycles. The second-order valence-electron chi connectivity index (χ2n) is 3.81. The minimum atomic E-state index is -4.34. The summed E-state index contributed by atoms with van der Waals surface area (Å²) in [7, 11) is 0. The highest BCUT2D eigenvalue weighted by Crippen LogP contribution is 2.34. The molecule has 0 atom stereocenters. The van der Waals surface area contributed by atoms with Crippen molar-refractivity contribution >= 4 is 34.2 Å². The molecule has 1 aliphatic heterocycles. The van der Waals surface area contributed by atoms with Crippen LogP contribution in [0, 0.1) is 3.57 Å². The Morgan fingerprint density at radius 1 is 1.29 bits per heavy atom. The van der Waals surface area contributed by atoms with Gasteiger partial charge in [0.25, 0.3) is 0 Å². The molecule has 2 rings (SSSR count). The van der Waals surface area contributed by atoms with Gasteiger partial charge in [-0.1, -0.05) is 0 Å². The van der Waals surface area contributed by atoms with Crippen molar-refractivity contribution in [3.8, 4) is 0 Å². The van der Waals surface area contributed by atoms with Crippen molar-refractivity contribution in [2.75, 3.05) is 11.4 Å². The van der Waals surface area contributed by atoms with Crippen LogP contribution in [0.25, 0.3) is 0 Å². The van der Waals surface area contributed by atoms with E-state index in [9.17, 15) is 18.0 Å². The minimum absolute atomic E-state index is 0.0253. The zero-order chi connectivity index (χ0) is 12.6. The third-order valence-electron chi connectivity index (χ3n) is 2.64. The number of hydrogen-bond acceptors (Lipinski definition) is 1. The normalized spacial score (nSPS) is 16.7. The Morgan fingerprint density at radius 2 is 2.00 bits per heavy atom. The highest BCUT2D eigenvalue weighted by Gasteiger charge is 2.32. The molecule has 92 valence electrons. The largest absolute Gasteiger partial charge is 0.416 e. The molecule has 0 unspecified atom stereocenters. The van der Waals surface area contributed by atoms with Gasteiger partial charge in [0, 0.05) is 16.5 Å². The van der Waals surface area contributed by atoms with Crippen LogP contribution in [0.15, 0.2) is 18.2 Å². The molecule has 0 radical (unpaired) electrons. The number of alkyl halides is 3. The number of carbonyl (C=O) groups excluding carboxylic acids is 1. The van der Waals surface area contributed by atoms with Crippen LogP contribution in [0.2, 0.25) is 0 Å². The van der Waals surface area contributed by atoms with E-state index in [4.69, 9.17) is 0 Å². The summed E-state index contributed by atoms with van der Waals surface area (Å²) in [6, 6.07) is 3.46. The molecule has 1 aromatic rings. The van der Waals surface area contributed by atoms with E-state index in [1.54, 1.807) is 4.90 Å². The third kappa shape index (κ3) is 2.56. The monoisotopic (exact) mass is 355 g/mol. The van der Waals surface area contributed by atoms with Crippen molar-refractivity contribution in [2.24, 2.45) is 0 Å². The highest BCUT2D eigenvalue weighted by molar-refractivity contribution is 14.1. The Labute approximate surface area is 110 Å². The van der Waals surface area contributed by atoms with E-state index in [2.05, 4.69) is 0 Å². The van der Waals surface area contributed by atoms with Gasteiger partial charge in [0.15, 0.2) is 0 Å².